The van der Waals surface area contributed by atoms with E-state index in [-0.39, 0.29) is 18.5 Å². The largest absolute Gasteiger partial charge is 0.481 e. The van der Waals surface area contributed by atoms with Crippen LogP contribution in [0, 0.1) is 0 Å². The maximum atomic E-state index is 10.5. The third-order valence-electron chi connectivity index (χ3n) is 2.36. The minimum Gasteiger partial charge on any atom is -0.481 e. The standard InChI is InChI=1S/C12H16ClNO2/c1-8(6-12(15)16)14-9(2)10-4-3-5-11(13)7-10/h3-5,7-9,14H,6H2,1-2H3,(H,15,16)/t8?,9-/m0/s1. The lowest BCUT2D eigenvalue weighted by Crippen LogP contribution is -2.30. The van der Waals surface area contributed by atoms with Crippen molar-refractivity contribution in [2.24, 2.45) is 0 Å². The Morgan fingerprint density at radius 1 is 1.50 bits per heavy atom. The Bertz CT molecular complexity index is 368. The fourth-order valence-corrected chi connectivity index (χ4v) is 1.82. The number of rotatable bonds is 5. The maximum Gasteiger partial charge on any atom is 0.304 e. The van der Waals surface area contributed by atoms with E-state index in [0.29, 0.717) is 5.02 Å². The van der Waals surface area contributed by atoms with Gasteiger partial charge in [0, 0.05) is 17.1 Å². The SMILES string of the molecule is CC(CC(=O)O)N[C@@H](C)c1cccc(Cl)c1. The summed E-state index contributed by atoms with van der Waals surface area (Å²) in [6, 6.07) is 7.58. The number of benzene rings is 1. The van der Waals surface area contributed by atoms with Crippen molar-refractivity contribution in [3.8, 4) is 0 Å². The minimum atomic E-state index is -0.793. The Hall–Kier alpha value is -1.06. The molecule has 3 nitrogen and oxygen atoms in total. The highest BCUT2D eigenvalue weighted by molar-refractivity contribution is 6.30. The van der Waals surface area contributed by atoms with Crippen LogP contribution in [-0.2, 0) is 4.79 Å². The molecule has 0 spiro atoms. The molecule has 0 aliphatic carbocycles. The summed E-state index contributed by atoms with van der Waals surface area (Å²) in [6.07, 6.45) is 0.116. The Morgan fingerprint density at radius 2 is 2.19 bits per heavy atom. The second-order valence-corrected chi connectivity index (χ2v) is 4.38. The predicted molar refractivity (Wildman–Crippen MR) is 64.7 cm³/mol. The molecule has 0 saturated heterocycles. The molecule has 1 aromatic rings. The van der Waals surface area contributed by atoms with Crippen molar-refractivity contribution in [3.63, 3.8) is 0 Å². The van der Waals surface area contributed by atoms with Gasteiger partial charge in [0.1, 0.15) is 0 Å². The zero-order chi connectivity index (χ0) is 12.1. The van der Waals surface area contributed by atoms with E-state index in [4.69, 9.17) is 16.7 Å². The maximum absolute atomic E-state index is 10.5. The van der Waals surface area contributed by atoms with Gasteiger partial charge in [-0.25, -0.2) is 0 Å². The summed E-state index contributed by atoms with van der Waals surface area (Å²) in [5.74, 6) is -0.793. The summed E-state index contributed by atoms with van der Waals surface area (Å²) in [4.78, 5) is 10.5. The van der Waals surface area contributed by atoms with E-state index in [1.54, 1.807) is 0 Å². The molecule has 0 bridgehead atoms. The van der Waals surface area contributed by atoms with E-state index in [9.17, 15) is 4.79 Å². The van der Waals surface area contributed by atoms with Crippen LogP contribution < -0.4 is 5.32 Å². The van der Waals surface area contributed by atoms with Crippen molar-refractivity contribution in [2.45, 2.75) is 32.4 Å². The molecule has 0 aromatic heterocycles. The van der Waals surface area contributed by atoms with Crippen LogP contribution in [-0.4, -0.2) is 17.1 Å². The number of nitrogens with one attached hydrogen (secondary N) is 1. The van der Waals surface area contributed by atoms with E-state index in [1.807, 2.05) is 38.1 Å². The number of carboxylic acids is 1. The third kappa shape index (κ3) is 4.21. The lowest BCUT2D eigenvalue weighted by Gasteiger charge is -2.19. The van der Waals surface area contributed by atoms with Gasteiger partial charge in [0.05, 0.1) is 6.42 Å². The van der Waals surface area contributed by atoms with E-state index in [0.717, 1.165) is 5.56 Å². The summed E-state index contributed by atoms with van der Waals surface area (Å²) in [5, 5.41) is 12.6. The first-order valence-electron chi connectivity index (χ1n) is 5.22. The van der Waals surface area contributed by atoms with Crippen LogP contribution >= 0.6 is 11.6 Å². The average molecular weight is 242 g/mol. The topological polar surface area (TPSA) is 49.3 Å². The van der Waals surface area contributed by atoms with Gasteiger partial charge in [-0.15, -0.1) is 0 Å². The van der Waals surface area contributed by atoms with Crippen molar-refractivity contribution < 1.29 is 9.90 Å². The molecule has 0 heterocycles. The number of hydrogen-bond donors (Lipinski definition) is 2. The molecular formula is C12H16ClNO2. The van der Waals surface area contributed by atoms with E-state index >= 15 is 0 Å². The molecule has 88 valence electrons. The smallest absolute Gasteiger partial charge is 0.304 e. The molecule has 0 aliphatic rings. The summed E-state index contributed by atoms with van der Waals surface area (Å²) >= 11 is 5.89. The van der Waals surface area contributed by atoms with Crippen LogP contribution in [0.5, 0.6) is 0 Å². The summed E-state index contributed by atoms with van der Waals surface area (Å²) in [5.41, 5.74) is 1.06. The minimum absolute atomic E-state index is 0.0634. The fourth-order valence-electron chi connectivity index (χ4n) is 1.62. The van der Waals surface area contributed by atoms with Gasteiger partial charge in [-0.3, -0.25) is 4.79 Å². The van der Waals surface area contributed by atoms with E-state index in [2.05, 4.69) is 5.32 Å². The lowest BCUT2D eigenvalue weighted by molar-refractivity contribution is -0.137. The quantitative estimate of drug-likeness (QED) is 0.834. The van der Waals surface area contributed by atoms with E-state index in [1.165, 1.54) is 0 Å². The Morgan fingerprint density at radius 3 is 2.75 bits per heavy atom. The van der Waals surface area contributed by atoms with Gasteiger partial charge in [-0.2, -0.15) is 0 Å². The molecule has 0 amide bonds. The number of aliphatic carboxylic acids is 1. The molecule has 0 saturated carbocycles. The second-order valence-electron chi connectivity index (χ2n) is 3.94. The van der Waals surface area contributed by atoms with Gasteiger partial charge in [-0.1, -0.05) is 23.7 Å². The zero-order valence-corrected chi connectivity index (χ0v) is 10.2. The molecule has 16 heavy (non-hydrogen) atoms. The third-order valence-corrected chi connectivity index (χ3v) is 2.60. The first kappa shape index (κ1) is 13.0. The molecule has 0 aliphatic heterocycles. The first-order chi connectivity index (χ1) is 7.49. The van der Waals surface area contributed by atoms with Crippen molar-refractivity contribution in [2.75, 3.05) is 0 Å². The van der Waals surface area contributed by atoms with Gasteiger partial charge in [0.2, 0.25) is 0 Å². The molecule has 0 radical (unpaired) electrons. The Labute approximate surface area is 100 Å². The molecule has 4 heteroatoms. The summed E-state index contributed by atoms with van der Waals surface area (Å²) in [6.45, 7) is 3.85. The van der Waals surface area contributed by atoms with Crippen molar-refractivity contribution in [1.82, 2.24) is 5.32 Å². The normalized spacial score (nSPS) is 14.4. The number of halogens is 1. The van der Waals surface area contributed by atoms with Gasteiger partial charge in [0.15, 0.2) is 0 Å². The van der Waals surface area contributed by atoms with Crippen LogP contribution in [0.3, 0.4) is 0 Å². The molecule has 0 fully saturated rings. The average Bonchev–Trinajstić information content (AvgIpc) is 2.16. The highest BCUT2D eigenvalue weighted by atomic mass is 35.5. The first-order valence-corrected chi connectivity index (χ1v) is 5.60. The van der Waals surface area contributed by atoms with Crippen LogP contribution in [0.25, 0.3) is 0 Å². The van der Waals surface area contributed by atoms with Gasteiger partial charge < -0.3 is 10.4 Å². The Kier molecular flexibility index (Phi) is 4.77. The van der Waals surface area contributed by atoms with Crippen molar-refractivity contribution in [3.05, 3.63) is 34.9 Å². The molecular weight excluding hydrogens is 226 g/mol. The highest BCUT2D eigenvalue weighted by Crippen LogP contribution is 2.18. The van der Waals surface area contributed by atoms with E-state index < -0.39 is 5.97 Å². The lowest BCUT2D eigenvalue weighted by atomic mass is 10.1. The van der Waals surface area contributed by atoms with Crippen molar-refractivity contribution in [1.29, 1.82) is 0 Å². The number of hydrogen-bond acceptors (Lipinski definition) is 2. The molecule has 2 atom stereocenters. The van der Waals surface area contributed by atoms with Gasteiger partial charge in [-0.05, 0) is 31.5 Å². The van der Waals surface area contributed by atoms with Gasteiger partial charge in [0.25, 0.3) is 0 Å². The monoisotopic (exact) mass is 241 g/mol. The fraction of sp³-hybridized carbons (Fsp3) is 0.417. The predicted octanol–water partition coefficient (Wildman–Crippen LogP) is 2.85. The molecule has 1 unspecified atom stereocenters. The molecule has 2 N–H and O–H groups in total. The summed E-state index contributed by atoms with van der Waals surface area (Å²) in [7, 11) is 0. The van der Waals surface area contributed by atoms with Crippen LogP contribution in [0.1, 0.15) is 31.9 Å². The van der Waals surface area contributed by atoms with Crippen LogP contribution in [0.15, 0.2) is 24.3 Å². The van der Waals surface area contributed by atoms with Crippen molar-refractivity contribution >= 4 is 17.6 Å². The number of carbonyl (C=O) groups is 1. The van der Waals surface area contributed by atoms with Crippen LogP contribution in [0.4, 0.5) is 0 Å². The Balaban J connectivity index is 2.58. The van der Waals surface area contributed by atoms with Gasteiger partial charge >= 0.3 is 5.97 Å². The zero-order valence-electron chi connectivity index (χ0n) is 9.40. The van der Waals surface area contributed by atoms with Crippen LogP contribution in [0.2, 0.25) is 5.02 Å². The highest BCUT2D eigenvalue weighted by Gasteiger charge is 2.12. The molecule has 1 aromatic carbocycles. The number of carboxylic acid groups (broad SMARTS) is 1. The molecule has 1 rings (SSSR count). The second kappa shape index (κ2) is 5.87. The summed E-state index contributed by atoms with van der Waals surface area (Å²) < 4.78 is 0.